The van der Waals surface area contributed by atoms with E-state index >= 15 is 0 Å². The number of aryl methyl sites for hydroxylation is 1. The van der Waals surface area contributed by atoms with Gasteiger partial charge < -0.3 is 10.1 Å². The van der Waals surface area contributed by atoms with Crippen molar-refractivity contribution in [2.45, 2.75) is 32.7 Å². The van der Waals surface area contributed by atoms with Gasteiger partial charge in [0.05, 0.1) is 23.6 Å². The molecule has 4 nitrogen and oxygen atoms in total. The molecule has 0 saturated heterocycles. The van der Waals surface area contributed by atoms with Crippen molar-refractivity contribution >= 4 is 0 Å². The van der Waals surface area contributed by atoms with E-state index in [0.717, 1.165) is 37.4 Å². The van der Waals surface area contributed by atoms with Gasteiger partial charge in [-0.05, 0) is 26.3 Å². The molecule has 1 N–H and O–H groups in total. The molecule has 4 heteroatoms. The number of nitrogens with one attached hydrogen (secondary N) is 1. The van der Waals surface area contributed by atoms with Gasteiger partial charge >= 0.3 is 0 Å². The third-order valence-corrected chi connectivity index (χ3v) is 2.45. The van der Waals surface area contributed by atoms with Gasteiger partial charge in [-0.3, -0.25) is 9.97 Å². The van der Waals surface area contributed by atoms with E-state index in [1.54, 1.807) is 7.11 Å². The number of ether oxygens (including phenoxy) is 1. The molecule has 0 radical (unpaired) electrons. The molecule has 16 heavy (non-hydrogen) atoms. The molecule has 0 aliphatic carbocycles. The second-order valence-electron chi connectivity index (χ2n) is 3.83. The zero-order valence-corrected chi connectivity index (χ0v) is 10.4. The highest BCUT2D eigenvalue weighted by Crippen LogP contribution is 2.15. The van der Waals surface area contributed by atoms with E-state index in [2.05, 4.69) is 22.2 Å². The third-order valence-electron chi connectivity index (χ3n) is 2.45. The summed E-state index contributed by atoms with van der Waals surface area (Å²) in [5.74, 6) is 0. The zero-order valence-electron chi connectivity index (χ0n) is 10.4. The van der Waals surface area contributed by atoms with Gasteiger partial charge in [0.25, 0.3) is 0 Å². The fourth-order valence-corrected chi connectivity index (χ4v) is 1.62. The first-order valence-electron chi connectivity index (χ1n) is 5.78. The van der Waals surface area contributed by atoms with Gasteiger partial charge in [0.15, 0.2) is 0 Å². The monoisotopic (exact) mass is 223 g/mol. The predicted octanol–water partition coefficient (Wildman–Crippen LogP) is 1.86. The molecule has 1 rings (SSSR count). The number of hydrogen-bond acceptors (Lipinski definition) is 4. The van der Waals surface area contributed by atoms with Crippen LogP contribution in [0, 0.1) is 6.92 Å². The minimum absolute atomic E-state index is 0.285. The Labute approximate surface area is 97.5 Å². The minimum Gasteiger partial charge on any atom is -0.385 e. The molecule has 90 valence electrons. The number of hydrogen-bond donors (Lipinski definition) is 1. The first-order valence-corrected chi connectivity index (χ1v) is 5.78. The lowest BCUT2D eigenvalue weighted by atomic mass is 10.1. The van der Waals surface area contributed by atoms with Gasteiger partial charge in [-0.1, -0.05) is 6.92 Å². The third kappa shape index (κ3) is 4.24. The Hall–Kier alpha value is -1.00. The van der Waals surface area contributed by atoms with Crippen LogP contribution in [0.2, 0.25) is 0 Å². The molecule has 0 fully saturated rings. The van der Waals surface area contributed by atoms with Gasteiger partial charge in [0, 0.05) is 19.9 Å². The van der Waals surface area contributed by atoms with Crippen molar-refractivity contribution in [3.05, 3.63) is 23.8 Å². The second-order valence-corrected chi connectivity index (χ2v) is 3.83. The normalized spacial score (nSPS) is 12.7. The van der Waals surface area contributed by atoms with Crippen molar-refractivity contribution in [1.29, 1.82) is 0 Å². The smallest absolute Gasteiger partial charge is 0.0756 e. The molecular formula is C12H21N3O. The average Bonchev–Trinajstić information content (AvgIpc) is 2.29. The van der Waals surface area contributed by atoms with Gasteiger partial charge in [-0.25, -0.2) is 0 Å². The highest BCUT2D eigenvalue weighted by Gasteiger charge is 2.11. The first kappa shape index (κ1) is 13.1. The van der Waals surface area contributed by atoms with E-state index in [1.165, 1.54) is 0 Å². The van der Waals surface area contributed by atoms with E-state index in [9.17, 15) is 0 Å². The number of methoxy groups -OCH3 is 1. The minimum atomic E-state index is 0.285. The van der Waals surface area contributed by atoms with Crippen LogP contribution >= 0.6 is 0 Å². The van der Waals surface area contributed by atoms with Crippen molar-refractivity contribution in [2.75, 3.05) is 20.3 Å². The van der Waals surface area contributed by atoms with Gasteiger partial charge in [-0.15, -0.1) is 0 Å². The van der Waals surface area contributed by atoms with Crippen LogP contribution in [0.4, 0.5) is 0 Å². The molecule has 1 aromatic heterocycles. The lowest BCUT2D eigenvalue weighted by molar-refractivity contribution is 0.188. The SMILES string of the molecule is CCNC(CCCOC)c1cnc(C)cn1. The van der Waals surface area contributed by atoms with Crippen LogP contribution in [0.5, 0.6) is 0 Å². The Bertz CT molecular complexity index is 287. The van der Waals surface area contributed by atoms with Crippen LogP contribution in [0.15, 0.2) is 12.4 Å². The Balaban J connectivity index is 2.57. The maximum atomic E-state index is 5.06. The lowest BCUT2D eigenvalue weighted by Gasteiger charge is -2.16. The largest absolute Gasteiger partial charge is 0.385 e. The Morgan fingerprint density at radius 3 is 2.75 bits per heavy atom. The molecule has 0 amide bonds. The van der Waals surface area contributed by atoms with Crippen molar-refractivity contribution in [3.8, 4) is 0 Å². The highest BCUT2D eigenvalue weighted by atomic mass is 16.5. The predicted molar refractivity (Wildman–Crippen MR) is 64.3 cm³/mol. The number of nitrogens with zero attached hydrogens (tertiary/aromatic N) is 2. The van der Waals surface area contributed by atoms with E-state index < -0.39 is 0 Å². The lowest BCUT2D eigenvalue weighted by Crippen LogP contribution is -2.22. The summed E-state index contributed by atoms with van der Waals surface area (Å²) in [6, 6.07) is 0.285. The van der Waals surface area contributed by atoms with Gasteiger partial charge in [0.1, 0.15) is 0 Å². The molecule has 0 aliphatic heterocycles. The molecule has 0 aliphatic rings. The average molecular weight is 223 g/mol. The number of aromatic nitrogens is 2. The Morgan fingerprint density at radius 1 is 1.38 bits per heavy atom. The van der Waals surface area contributed by atoms with E-state index in [1.807, 2.05) is 19.3 Å². The van der Waals surface area contributed by atoms with Gasteiger partial charge in [0.2, 0.25) is 0 Å². The second kappa shape index (κ2) is 7.30. The van der Waals surface area contributed by atoms with Crippen molar-refractivity contribution in [3.63, 3.8) is 0 Å². The topological polar surface area (TPSA) is 47.0 Å². The summed E-state index contributed by atoms with van der Waals surface area (Å²) in [4.78, 5) is 8.69. The van der Waals surface area contributed by atoms with Gasteiger partial charge in [-0.2, -0.15) is 0 Å². The quantitative estimate of drug-likeness (QED) is 0.717. The van der Waals surface area contributed by atoms with E-state index in [-0.39, 0.29) is 6.04 Å². The molecule has 1 heterocycles. The molecule has 0 saturated carbocycles. The Kier molecular flexibility index (Phi) is 5.96. The standard InChI is InChI=1S/C12H21N3O/c1-4-13-11(6-5-7-16-3)12-9-14-10(2)8-15-12/h8-9,11,13H,4-7H2,1-3H3. The molecule has 0 spiro atoms. The molecule has 0 aromatic carbocycles. The van der Waals surface area contributed by atoms with Crippen LogP contribution in [0.25, 0.3) is 0 Å². The van der Waals surface area contributed by atoms with E-state index in [0.29, 0.717) is 0 Å². The molecule has 1 atom stereocenters. The fourth-order valence-electron chi connectivity index (χ4n) is 1.62. The van der Waals surface area contributed by atoms with Crippen molar-refractivity contribution in [1.82, 2.24) is 15.3 Å². The fraction of sp³-hybridized carbons (Fsp3) is 0.667. The van der Waals surface area contributed by atoms with E-state index in [4.69, 9.17) is 4.74 Å². The maximum Gasteiger partial charge on any atom is 0.0756 e. The summed E-state index contributed by atoms with van der Waals surface area (Å²) in [6.07, 6.45) is 5.73. The summed E-state index contributed by atoms with van der Waals surface area (Å²) < 4.78 is 5.06. The molecular weight excluding hydrogens is 202 g/mol. The summed E-state index contributed by atoms with van der Waals surface area (Å²) >= 11 is 0. The maximum absolute atomic E-state index is 5.06. The summed E-state index contributed by atoms with van der Waals surface area (Å²) in [6.45, 7) is 5.78. The summed E-state index contributed by atoms with van der Waals surface area (Å²) in [5.41, 5.74) is 1.97. The van der Waals surface area contributed by atoms with Crippen LogP contribution in [0.1, 0.15) is 37.2 Å². The Morgan fingerprint density at radius 2 is 2.19 bits per heavy atom. The highest BCUT2D eigenvalue weighted by molar-refractivity contribution is 5.05. The van der Waals surface area contributed by atoms with Crippen LogP contribution < -0.4 is 5.32 Å². The zero-order chi connectivity index (χ0) is 11.8. The van der Waals surface area contributed by atoms with Crippen LogP contribution in [-0.4, -0.2) is 30.2 Å². The first-order chi connectivity index (χ1) is 7.77. The van der Waals surface area contributed by atoms with Crippen molar-refractivity contribution in [2.24, 2.45) is 0 Å². The van der Waals surface area contributed by atoms with Crippen molar-refractivity contribution < 1.29 is 4.74 Å². The number of rotatable bonds is 7. The molecule has 1 aromatic rings. The van der Waals surface area contributed by atoms with Crippen LogP contribution in [0.3, 0.4) is 0 Å². The molecule has 1 unspecified atom stereocenters. The van der Waals surface area contributed by atoms with Crippen LogP contribution in [-0.2, 0) is 4.74 Å². The molecule has 0 bridgehead atoms. The summed E-state index contributed by atoms with van der Waals surface area (Å²) in [7, 11) is 1.73. The summed E-state index contributed by atoms with van der Waals surface area (Å²) in [5, 5.41) is 3.42.